The molecule has 5 rings (SSSR count). The summed E-state index contributed by atoms with van der Waals surface area (Å²) >= 11 is 12.7. The van der Waals surface area contributed by atoms with Crippen molar-refractivity contribution in [2.45, 2.75) is 26.6 Å². The zero-order chi connectivity index (χ0) is 23.7. The average Bonchev–Trinajstić information content (AvgIpc) is 2.82. The number of hydrogen-bond donors (Lipinski definition) is 0. The lowest BCUT2D eigenvalue weighted by atomic mass is 10.1. The minimum Gasteiger partial charge on any atom is -0.298 e. The molecule has 0 spiro atoms. The second-order valence-electron chi connectivity index (χ2n) is 8.52. The highest BCUT2D eigenvalue weighted by Gasteiger charge is 2.28. The van der Waals surface area contributed by atoms with Crippen LogP contribution in [0.3, 0.4) is 0 Å². The molecule has 4 aromatic rings. The SMILES string of the molecule is Cc1nc2n(c(=O)c1Cc1ccccc1)CN(Cc1ccccc1)CN2c1cc(Cl)cc(Cl)c1. The van der Waals surface area contributed by atoms with E-state index in [2.05, 4.69) is 17.0 Å². The summed E-state index contributed by atoms with van der Waals surface area (Å²) in [5.74, 6) is 0.599. The van der Waals surface area contributed by atoms with Gasteiger partial charge in [-0.1, -0.05) is 83.9 Å². The van der Waals surface area contributed by atoms with E-state index in [1.54, 1.807) is 10.6 Å². The molecule has 5 nitrogen and oxygen atoms in total. The monoisotopic (exact) mass is 490 g/mol. The van der Waals surface area contributed by atoms with Crippen LogP contribution in [0, 0.1) is 6.92 Å². The minimum absolute atomic E-state index is 0.0257. The summed E-state index contributed by atoms with van der Waals surface area (Å²) in [5, 5.41) is 1.07. The number of fused-ring (bicyclic) bond motifs is 1. The fraction of sp³-hybridized carbons (Fsp3) is 0.185. The molecule has 0 radical (unpaired) electrons. The van der Waals surface area contributed by atoms with Gasteiger partial charge in [0.2, 0.25) is 5.95 Å². The van der Waals surface area contributed by atoms with E-state index in [0.717, 1.165) is 16.9 Å². The number of aryl methyl sites for hydroxylation is 1. The van der Waals surface area contributed by atoms with Crippen molar-refractivity contribution in [1.82, 2.24) is 14.5 Å². The summed E-state index contributed by atoms with van der Waals surface area (Å²) in [6.45, 7) is 3.60. The highest BCUT2D eigenvalue weighted by molar-refractivity contribution is 6.35. The molecule has 7 heteroatoms. The lowest BCUT2D eigenvalue weighted by Crippen LogP contribution is -2.47. The molecule has 34 heavy (non-hydrogen) atoms. The summed E-state index contributed by atoms with van der Waals surface area (Å²) in [4.78, 5) is 22.9. The quantitative estimate of drug-likeness (QED) is 0.343. The van der Waals surface area contributed by atoms with Gasteiger partial charge in [0.1, 0.15) is 0 Å². The van der Waals surface area contributed by atoms with E-state index < -0.39 is 0 Å². The van der Waals surface area contributed by atoms with Crippen LogP contribution in [0.15, 0.2) is 83.7 Å². The maximum atomic E-state index is 13.8. The number of halogens is 2. The van der Waals surface area contributed by atoms with E-state index in [1.807, 2.05) is 72.5 Å². The van der Waals surface area contributed by atoms with Crippen LogP contribution in [0.4, 0.5) is 11.6 Å². The van der Waals surface area contributed by atoms with Crippen molar-refractivity contribution in [1.29, 1.82) is 0 Å². The summed E-state index contributed by atoms with van der Waals surface area (Å²) in [7, 11) is 0. The first-order valence-electron chi connectivity index (χ1n) is 11.1. The van der Waals surface area contributed by atoms with Crippen LogP contribution in [0.1, 0.15) is 22.4 Å². The molecular formula is C27H24Cl2N4O. The second kappa shape index (κ2) is 9.63. The predicted molar refractivity (Wildman–Crippen MR) is 138 cm³/mol. The fourth-order valence-electron chi connectivity index (χ4n) is 4.37. The van der Waals surface area contributed by atoms with Crippen molar-refractivity contribution in [3.8, 4) is 0 Å². The van der Waals surface area contributed by atoms with E-state index >= 15 is 0 Å². The third kappa shape index (κ3) is 4.73. The van der Waals surface area contributed by atoms with Crippen LogP contribution < -0.4 is 10.5 Å². The van der Waals surface area contributed by atoms with Gasteiger partial charge in [0.25, 0.3) is 5.56 Å². The van der Waals surface area contributed by atoms with Gasteiger partial charge < -0.3 is 0 Å². The van der Waals surface area contributed by atoms with Gasteiger partial charge in [0.05, 0.1) is 19.0 Å². The topological polar surface area (TPSA) is 41.4 Å². The lowest BCUT2D eigenvalue weighted by Gasteiger charge is -2.38. The minimum atomic E-state index is -0.0257. The van der Waals surface area contributed by atoms with Crippen molar-refractivity contribution in [2.75, 3.05) is 11.6 Å². The van der Waals surface area contributed by atoms with Gasteiger partial charge in [-0.3, -0.25) is 19.2 Å². The third-order valence-electron chi connectivity index (χ3n) is 6.01. The van der Waals surface area contributed by atoms with Gasteiger partial charge in [-0.2, -0.15) is 0 Å². The van der Waals surface area contributed by atoms with Gasteiger partial charge in [-0.15, -0.1) is 0 Å². The molecule has 0 unspecified atom stereocenters. The van der Waals surface area contributed by atoms with E-state index in [4.69, 9.17) is 28.2 Å². The first-order valence-corrected chi connectivity index (χ1v) is 11.9. The molecule has 0 N–H and O–H groups in total. The fourth-order valence-corrected chi connectivity index (χ4v) is 4.88. The van der Waals surface area contributed by atoms with Crippen molar-refractivity contribution in [3.63, 3.8) is 0 Å². The molecule has 0 saturated carbocycles. The number of rotatable bonds is 5. The van der Waals surface area contributed by atoms with Crippen LogP contribution in [0.2, 0.25) is 10.0 Å². The Balaban J connectivity index is 1.60. The van der Waals surface area contributed by atoms with Crippen molar-refractivity contribution in [2.24, 2.45) is 0 Å². The molecule has 1 aromatic heterocycles. The lowest BCUT2D eigenvalue weighted by molar-refractivity contribution is 0.190. The Morgan fingerprint density at radius 2 is 1.47 bits per heavy atom. The van der Waals surface area contributed by atoms with Crippen LogP contribution in [-0.2, 0) is 19.6 Å². The molecule has 0 aliphatic carbocycles. The molecule has 172 valence electrons. The van der Waals surface area contributed by atoms with E-state index in [-0.39, 0.29) is 5.56 Å². The smallest absolute Gasteiger partial charge is 0.259 e. The number of nitrogens with zero attached hydrogens (tertiary/aromatic N) is 4. The predicted octanol–water partition coefficient (Wildman–Crippen LogP) is 6.02. The second-order valence-corrected chi connectivity index (χ2v) is 9.40. The Morgan fingerprint density at radius 1 is 0.853 bits per heavy atom. The Kier molecular flexibility index (Phi) is 6.42. The molecule has 0 amide bonds. The van der Waals surface area contributed by atoms with Crippen LogP contribution >= 0.6 is 23.2 Å². The Morgan fingerprint density at radius 3 is 2.12 bits per heavy atom. The zero-order valence-electron chi connectivity index (χ0n) is 18.8. The standard InChI is InChI=1S/C27H24Cl2N4O/c1-19-25(12-20-8-4-2-5-9-20)26(34)33-18-31(16-21-10-6-3-7-11-21)17-32(27(33)30-19)24-14-22(28)13-23(29)15-24/h2-11,13-15H,12,16-18H2,1H3. The maximum Gasteiger partial charge on any atom is 0.259 e. The average molecular weight is 491 g/mol. The molecule has 0 saturated heterocycles. The summed E-state index contributed by atoms with van der Waals surface area (Å²) in [6, 6.07) is 25.6. The third-order valence-corrected chi connectivity index (χ3v) is 6.44. The number of aromatic nitrogens is 2. The first-order chi connectivity index (χ1) is 16.5. The molecule has 1 aliphatic heterocycles. The molecular weight excluding hydrogens is 467 g/mol. The summed E-state index contributed by atoms with van der Waals surface area (Å²) in [6.07, 6.45) is 0.542. The van der Waals surface area contributed by atoms with Gasteiger partial charge in [0, 0.05) is 34.3 Å². The van der Waals surface area contributed by atoms with E-state index in [0.29, 0.717) is 47.9 Å². The van der Waals surface area contributed by atoms with Crippen LogP contribution in [0.5, 0.6) is 0 Å². The largest absolute Gasteiger partial charge is 0.298 e. The highest BCUT2D eigenvalue weighted by Crippen LogP contribution is 2.32. The first kappa shape index (κ1) is 22.7. The van der Waals surface area contributed by atoms with E-state index in [1.165, 1.54) is 5.56 Å². The molecule has 2 heterocycles. The van der Waals surface area contributed by atoms with Gasteiger partial charge in [-0.25, -0.2) is 4.98 Å². The number of hydrogen-bond acceptors (Lipinski definition) is 4. The molecule has 0 bridgehead atoms. The Labute approximate surface area is 208 Å². The molecule has 3 aromatic carbocycles. The van der Waals surface area contributed by atoms with Crippen molar-refractivity contribution < 1.29 is 0 Å². The van der Waals surface area contributed by atoms with Crippen LogP contribution in [0.25, 0.3) is 0 Å². The zero-order valence-corrected chi connectivity index (χ0v) is 20.3. The normalized spacial score (nSPS) is 13.7. The van der Waals surface area contributed by atoms with Gasteiger partial charge >= 0.3 is 0 Å². The Bertz CT molecular complexity index is 1350. The van der Waals surface area contributed by atoms with Gasteiger partial charge in [0.15, 0.2) is 0 Å². The number of benzene rings is 3. The maximum absolute atomic E-state index is 13.8. The van der Waals surface area contributed by atoms with Gasteiger partial charge in [-0.05, 0) is 36.2 Å². The Hall–Kier alpha value is -3.12. The summed E-state index contributed by atoms with van der Waals surface area (Å²) in [5.41, 5.74) is 4.47. The van der Waals surface area contributed by atoms with Crippen molar-refractivity contribution in [3.05, 3.63) is 122 Å². The van der Waals surface area contributed by atoms with E-state index in [9.17, 15) is 4.79 Å². The molecule has 1 aliphatic rings. The molecule has 0 atom stereocenters. The number of anilines is 2. The van der Waals surface area contributed by atoms with Crippen molar-refractivity contribution >= 4 is 34.8 Å². The van der Waals surface area contributed by atoms with Crippen LogP contribution in [-0.4, -0.2) is 21.1 Å². The summed E-state index contributed by atoms with van der Waals surface area (Å²) < 4.78 is 1.76. The molecule has 0 fully saturated rings. The highest BCUT2D eigenvalue weighted by atomic mass is 35.5.